The molecule has 0 N–H and O–H groups in total. The summed E-state index contributed by atoms with van der Waals surface area (Å²) in [5, 5.41) is 0. The molecule has 2 aliphatic carbocycles. The Hall–Kier alpha value is -0.260. The molecule has 2 rings (SSSR count). The first-order valence-corrected chi connectivity index (χ1v) is 6.51. The van der Waals surface area contributed by atoms with E-state index in [1.54, 1.807) is 5.57 Å². The Kier molecular flexibility index (Phi) is 3.30. The Morgan fingerprint density at radius 1 is 1.07 bits per heavy atom. The molecular formula is C14H24. The van der Waals surface area contributed by atoms with E-state index in [0.717, 1.165) is 11.8 Å². The highest BCUT2D eigenvalue weighted by atomic mass is 14.3. The second kappa shape index (κ2) is 4.51. The standard InChI is InChI=1S/C14H24/c1-3-12-8-4-5-9-14(12)13-10-6-7-11(13)2/h12,14H,3-10H2,1-2H3. The summed E-state index contributed by atoms with van der Waals surface area (Å²) in [7, 11) is 0. The molecule has 2 aliphatic rings. The van der Waals surface area contributed by atoms with Gasteiger partial charge in [0.15, 0.2) is 0 Å². The fourth-order valence-corrected chi connectivity index (χ4v) is 3.57. The largest absolute Gasteiger partial charge is 0.0738 e. The van der Waals surface area contributed by atoms with E-state index in [1.807, 2.05) is 5.57 Å². The van der Waals surface area contributed by atoms with Gasteiger partial charge in [-0.3, -0.25) is 0 Å². The lowest BCUT2D eigenvalue weighted by Gasteiger charge is -2.32. The van der Waals surface area contributed by atoms with E-state index in [0.29, 0.717) is 0 Å². The van der Waals surface area contributed by atoms with E-state index < -0.39 is 0 Å². The Bertz CT molecular complexity index is 224. The monoisotopic (exact) mass is 192 g/mol. The summed E-state index contributed by atoms with van der Waals surface area (Å²) in [4.78, 5) is 0. The molecular weight excluding hydrogens is 168 g/mol. The highest BCUT2D eigenvalue weighted by molar-refractivity contribution is 5.21. The van der Waals surface area contributed by atoms with Crippen molar-refractivity contribution in [1.82, 2.24) is 0 Å². The average Bonchev–Trinajstić information content (AvgIpc) is 2.64. The summed E-state index contributed by atoms with van der Waals surface area (Å²) in [6, 6.07) is 0. The van der Waals surface area contributed by atoms with Gasteiger partial charge in [0.05, 0.1) is 0 Å². The van der Waals surface area contributed by atoms with Crippen LogP contribution in [0.15, 0.2) is 11.1 Å². The third kappa shape index (κ3) is 1.89. The molecule has 2 atom stereocenters. The maximum absolute atomic E-state index is 2.38. The third-order valence-corrected chi connectivity index (χ3v) is 4.43. The molecule has 0 heteroatoms. The van der Waals surface area contributed by atoms with Crippen LogP contribution in [0, 0.1) is 11.8 Å². The van der Waals surface area contributed by atoms with Gasteiger partial charge in [-0.1, -0.05) is 37.3 Å². The third-order valence-electron chi connectivity index (χ3n) is 4.43. The zero-order valence-corrected chi connectivity index (χ0v) is 9.81. The van der Waals surface area contributed by atoms with Crippen LogP contribution in [0.4, 0.5) is 0 Å². The molecule has 80 valence electrons. The maximum atomic E-state index is 2.38. The molecule has 0 bridgehead atoms. The van der Waals surface area contributed by atoms with E-state index in [9.17, 15) is 0 Å². The van der Waals surface area contributed by atoms with Crippen molar-refractivity contribution in [2.24, 2.45) is 11.8 Å². The van der Waals surface area contributed by atoms with Gasteiger partial charge in [0.2, 0.25) is 0 Å². The van der Waals surface area contributed by atoms with Crippen LogP contribution < -0.4 is 0 Å². The molecule has 0 aromatic rings. The van der Waals surface area contributed by atoms with Crippen molar-refractivity contribution < 1.29 is 0 Å². The Morgan fingerprint density at radius 3 is 2.50 bits per heavy atom. The Balaban J connectivity index is 2.10. The van der Waals surface area contributed by atoms with E-state index in [2.05, 4.69) is 13.8 Å². The average molecular weight is 192 g/mol. The minimum atomic E-state index is 0.983. The molecule has 0 aliphatic heterocycles. The first kappa shape index (κ1) is 10.3. The van der Waals surface area contributed by atoms with Crippen LogP contribution in [0.1, 0.15) is 65.2 Å². The zero-order chi connectivity index (χ0) is 9.97. The van der Waals surface area contributed by atoms with Gasteiger partial charge < -0.3 is 0 Å². The normalized spacial score (nSPS) is 33.9. The van der Waals surface area contributed by atoms with Crippen LogP contribution >= 0.6 is 0 Å². The summed E-state index contributed by atoms with van der Waals surface area (Å²) < 4.78 is 0. The topological polar surface area (TPSA) is 0 Å². The van der Waals surface area contributed by atoms with Crippen molar-refractivity contribution >= 4 is 0 Å². The van der Waals surface area contributed by atoms with Crippen LogP contribution in [0.3, 0.4) is 0 Å². The van der Waals surface area contributed by atoms with Gasteiger partial charge in [-0.2, -0.15) is 0 Å². The van der Waals surface area contributed by atoms with E-state index in [1.165, 1.54) is 51.4 Å². The van der Waals surface area contributed by atoms with Crippen LogP contribution in [0.2, 0.25) is 0 Å². The highest BCUT2D eigenvalue weighted by Crippen LogP contribution is 2.42. The molecule has 0 nitrogen and oxygen atoms in total. The summed E-state index contributed by atoms with van der Waals surface area (Å²) in [6.45, 7) is 4.76. The van der Waals surface area contributed by atoms with Gasteiger partial charge in [0.1, 0.15) is 0 Å². The Morgan fingerprint density at radius 2 is 1.86 bits per heavy atom. The molecule has 0 aromatic heterocycles. The van der Waals surface area contributed by atoms with E-state index in [4.69, 9.17) is 0 Å². The van der Waals surface area contributed by atoms with Gasteiger partial charge in [0.25, 0.3) is 0 Å². The molecule has 0 amide bonds. The molecule has 0 radical (unpaired) electrons. The van der Waals surface area contributed by atoms with E-state index in [-0.39, 0.29) is 0 Å². The van der Waals surface area contributed by atoms with E-state index >= 15 is 0 Å². The quantitative estimate of drug-likeness (QED) is 0.556. The zero-order valence-electron chi connectivity index (χ0n) is 9.81. The maximum Gasteiger partial charge on any atom is -0.0172 e. The first-order chi connectivity index (χ1) is 6.83. The number of allylic oxidation sites excluding steroid dienone is 2. The summed E-state index contributed by atoms with van der Waals surface area (Å²) in [5.41, 5.74) is 3.62. The van der Waals surface area contributed by atoms with Gasteiger partial charge in [0, 0.05) is 0 Å². The summed E-state index contributed by atoms with van der Waals surface area (Å²) >= 11 is 0. The van der Waals surface area contributed by atoms with Crippen LogP contribution in [-0.2, 0) is 0 Å². The second-order valence-electron chi connectivity index (χ2n) is 5.22. The van der Waals surface area contributed by atoms with Crippen LogP contribution in [0.5, 0.6) is 0 Å². The molecule has 0 heterocycles. The van der Waals surface area contributed by atoms with Gasteiger partial charge in [-0.15, -0.1) is 0 Å². The van der Waals surface area contributed by atoms with Gasteiger partial charge in [-0.05, 0) is 50.9 Å². The smallest absolute Gasteiger partial charge is 0.0172 e. The fraction of sp³-hybridized carbons (Fsp3) is 0.857. The lowest BCUT2D eigenvalue weighted by molar-refractivity contribution is 0.260. The minimum absolute atomic E-state index is 0.983. The molecule has 0 saturated heterocycles. The molecule has 1 saturated carbocycles. The van der Waals surface area contributed by atoms with Crippen LogP contribution in [-0.4, -0.2) is 0 Å². The van der Waals surface area contributed by atoms with Crippen molar-refractivity contribution in [2.45, 2.75) is 65.2 Å². The fourth-order valence-electron chi connectivity index (χ4n) is 3.57. The first-order valence-electron chi connectivity index (χ1n) is 6.51. The SMILES string of the molecule is CCC1CCCCC1C1=C(C)CCC1. The predicted octanol–water partition coefficient (Wildman–Crippen LogP) is 4.70. The van der Waals surface area contributed by atoms with Crippen molar-refractivity contribution in [2.75, 3.05) is 0 Å². The molecule has 0 spiro atoms. The lowest BCUT2D eigenvalue weighted by Crippen LogP contribution is -2.20. The minimum Gasteiger partial charge on any atom is -0.0738 e. The summed E-state index contributed by atoms with van der Waals surface area (Å²) in [5.74, 6) is 2.00. The number of rotatable bonds is 2. The van der Waals surface area contributed by atoms with Crippen molar-refractivity contribution in [3.05, 3.63) is 11.1 Å². The van der Waals surface area contributed by atoms with Crippen molar-refractivity contribution in [1.29, 1.82) is 0 Å². The molecule has 2 unspecified atom stereocenters. The predicted molar refractivity (Wildman–Crippen MR) is 62.3 cm³/mol. The second-order valence-corrected chi connectivity index (χ2v) is 5.22. The molecule has 14 heavy (non-hydrogen) atoms. The van der Waals surface area contributed by atoms with Crippen molar-refractivity contribution in [3.8, 4) is 0 Å². The lowest BCUT2D eigenvalue weighted by atomic mass is 9.73. The molecule has 0 aromatic carbocycles. The van der Waals surface area contributed by atoms with Crippen molar-refractivity contribution in [3.63, 3.8) is 0 Å². The highest BCUT2D eigenvalue weighted by Gasteiger charge is 2.29. The number of hydrogen-bond donors (Lipinski definition) is 0. The Labute approximate surface area is 88.8 Å². The van der Waals surface area contributed by atoms with Gasteiger partial charge in [-0.25, -0.2) is 0 Å². The molecule has 1 fully saturated rings. The van der Waals surface area contributed by atoms with Gasteiger partial charge >= 0.3 is 0 Å². The van der Waals surface area contributed by atoms with Crippen LogP contribution in [0.25, 0.3) is 0 Å². The summed E-state index contributed by atoms with van der Waals surface area (Å²) in [6.07, 6.45) is 11.6. The number of hydrogen-bond acceptors (Lipinski definition) is 0.